The number of aliphatic hydroxyl groups is 1. The Morgan fingerprint density at radius 1 is 1.33 bits per heavy atom. The quantitative estimate of drug-likeness (QED) is 0.862. The van der Waals surface area contributed by atoms with Crippen LogP contribution in [0.4, 0.5) is 0 Å². The zero-order valence-electron chi connectivity index (χ0n) is 10.4. The van der Waals surface area contributed by atoms with Crippen molar-refractivity contribution in [2.45, 2.75) is 18.9 Å². The third-order valence-electron chi connectivity index (χ3n) is 3.38. The molecule has 2 rings (SSSR count). The van der Waals surface area contributed by atoms with Gasteiger partial charge in [0.05, 0.1) is 6.10 Å². The minimum absolute atomic E-state index is 0.543. The summed E-state index contributed by atoms with van der Waals surface area (Å²) in [6.45, 7) is 3.20. The maximum atomic E-state index is 10.1. The Morgan fingerprint density at radius 2 is 2.06 bits per heavy atom. The highest BCUT2D eigenvalue weighted by Gasteiger charge is 2.15. The van der Waals surface area contributed by atoms with Crippen molar-refractivity contribution >= 4 is 11.6 Å². The average molecular weight is 270 g/mol. The molecule has 100 valence electrons. The first-order valence-electron chi connectivity index (χ1n) is 6.48. The van der Waals surface area contributed by atoms with Gasteiger partial charge in [-0.2, -0.15) is 0 Å². The highest BCUT2D eigenvalue weighted by Crippen LogP contribution is 2.22. The van der Waals surface area contributed by atoms with Gasteiger partial charge >= 0.3 is 0 Å². The van der Waals surface area contributed by atoms with Crippen LogP contribution in [0.15, 0.2) is 24.3 Å². The summed E-state index contributed by atoms with van der Waals surface area (Å²) >= 11 is 6.04. The molecule has 0 saturated carbocycles. The van der Waals surface area contributed by atoms with Crippen molar-refractivity contribution in [3.05, 3.63) is 34.9 Å². The Kier molecular flexibility index (Phi) is 5.45. The van der Waals surface area contributed by atoms with Crippen molar-refractivity contribution in [1.29, 1.82) is 0 Å². The van der Waals surface area contributed by atoms with E-state index in [2.05, 4.69) is 5.32 Å². The molecule has 0 aromatic heterocycles. The van der Waals surface area contributed by atoms with Crippen LogP contribution in [0, 0.1) is 5.92 Å². The third-order valence-corrected chi connectivity index (χ3v) is 3.72. The molecule has 1 heterocycles. The van der Waals surface area contributed by atoms with Crippen LogP contribution >= 0.6 is 11.6 Å². The topological polar surface area (TPSA) is 41.5 Å². The fourth-order valence-corrected chi connectivity index (χ4v) is 2.49. The molecule has 1 aliphatic heterocycles. The van der Waals surface area contributed by atoms with E-state index in [-0.39, 0.29) is 0 Å². The van der Waals surface area contributed by atoms with Gasteiger partial charge in [-0.3, -0.25) is 0 Å². The zero-order chi connectivity index (χ0) is 12.8. The number of rotatable bonds is 5. The average Bonchev–Trinajstić information content (AvgIpc) is 2.40. The van der Waals surface area contributed by atoms with E-state index in [1.54, 1.807) is 6.07 Å². The molecule has 1 atom stereocenters. The van der Waals surface area contributed by atoms with Crippen LogP contribution in [-0.2, 0) is 4.74 Å². The van der Waals surface area contributed by atoms with Crippen molar-refractivity contribution in [1.82, 2.24) is 5.32 Å². The van der Waals surface area contributed by atoms with Crippen LogP contribution in [0.1, 0.15) is 24.5 Å². The van der Waals surface area contributed by atoms with E-state index < -0.39 is 6.10 Å². The molecule has 3 nitrogen and oxygen atoms in total. The molecule has 1 aromatic carbocycles. The lowest BCUT2D eigenvalue weighted by Crippen LogP contribution is -2.30. The van der Waals surface area contributed by atoms with Crippen molar-refractivity contribution in [2.75, 3.05) is 26.3 Å². The third kappa shape index (κ3) is 3.95. The van der Waals surface area contributed by atoms with E-state index in [4.69, 9.17) is 16.3 Å². The number of nitrogens with one attached hydrogen (secondary N) is 1. The van der Waals surface area contributed by atoms with E-state index in [9.17, 15) is 5.11 Å². The van der Waals surface area contributed by atoms with Gasteiger partial charge in [-0.15, -0.1) is 0 Å². The number of benzene rings is 1. The minimum atomic E-state index is -0.543. The number of hydrogen-bond acceptors (Lipinski definition) is 3. The van der Waals surface area contributed by atoms with Crippen LogP contribution in [0.25, 0.3) is 0 Å². The van der Waals surface area contributed by atoms with Gasteiger partial charge in [0.15, 0.2) is 0 Å². The summed E-state index contributed by atoms with van der Waals surface area (Å²) < 4.78 is 5.32. The van der Waals surface area contributed by atoms with Gasteiger partial charge in [-0.1, -0.05) is 29.8 Å². The van der Waals surface area contributed by atoms with Crippen LogP contribution < -0.4 is 5.32 Å². The molecule has 4 heteroatoms. The largest absolute Gasteiger partial charge is 0.387 e. The van der Waals surface area contributed by atoms with Crippen molar-refractivity contribution < 1.29 is 9.84 Å². The molecule has 1 saturated heterocycles. The molecular formula is C14H20ClNO2. The van der Waals surface area contributed by atoms with Gasteiger partial charge in [-0.05, 0) is 31.4 Å². The van der Waals surface area contributed by atoms with Gasteiger partial charge in [0.2, 0.25) is 0 Å². The zero-order valence-corrected chi connectivity index (χ0v) is 11.2. The van der Waals surface area contributed by atoms with E-state index in [1.165, 1.54) is 0 Å². The van der Waals surface area contributed by atoms with Crippen LogP contribution in [0.2, 0.25) is 5.02 Å². The summed E-state index contributed by atoms with van der Waals surface area (Å²) in [5.74, 6) is 0.664. The second-order valence-corrected chi connectivity index (χ2v) is 5.16. The van der Waals surface area contributed by atoms with E-state index >= 15 is 0 Å². The summed E-state index contributed by atoms with van der Waals surface area (Å²) in [6, 6.07) is 7.43. The van der Waals surface area contributed by atoms with E-state index in [0.29, 0.717) is 17.5 Å². The Balaban J connectivity index is 1.74. The fourth-order valence-electron chi connectivity index (χ4n) is 2.23. The molecular weight excluding hydrogens is 250 g/mol. The SMILES string of the molecule is O[C@@H](CNCC1CCOCC1)c1ccccc1Cl. The van der Waals surface area contributed by atoms with Gasteiger partial charge < -0.3 is 15.2 Å². The lowest BCUT2D eigenvalue weighted by Gasteiger charge is -2.23. The molecule has 0 radical (unpaired) electrons. The highest BCUT2D eigenvalue weighted by atomic mass is 35.5. The molecule has 0 aliphatic carbocycles. The molecule has 0 unspecified atom stereocenters. The predicted molar refractivity (Wildman–Crippen MR) is 72.8 cm³/mol. The summed E-state index contributed by atoms with van der Waals surface area (Å²) in [5.41, 5.74) is 0.790. The van der Waals surface area contributed by atoms with Crippen molar-refractivity contribution in [3.63, 3.8) is 0 Å². The predicted octanol–water partition coefficient (Wildman–Crippen LogP) is 2.39. The number of hydrogen-bond donors (Lipinski definition) is 2. The van der Waals surface area contributed by atoms with Crippen molar-refractivity contribution in [2.24, 2.45) is 5.92 Å². The number of ether oxygens (including phenoxy) is 1. The summed E-state index contributed by atoms with van der Waals surface area (Å²) in [4.78, 5) is 0. The Bertz CT molecular complexity index is 367. The van der Waals surface area contributed by atoms with Crippen molar-refractivity contribution in [3.8, 4) is 0 Å². The molecule has 1 aromatic rings. The standard InChI is InChI=1S/C14H20ClNO2/c15-13-4-2-1-3-12(13)14(17)10-16-9-11-5-7-18-8-6-11/h1-4,11,14,16-17H,5-10H2/t14-/m0/s1. The molecule has 0 amide bonds. The normalized spacial score (nSPS) is 18.8. The Labute approximate surface area is 113 Å². The molecule has 18 heavy (non-hydrogen) atoms. The maximum absolute atomic E-state index is 10.1. The Hall–Kier alpha value is -0.610. The first-order valence-corrected chi connectivity index (χ1v) is 6.86. The second-order valence-electron chi connectivity index (χ2n) is 4.75. The highest BCUT2D eigenvalue weighted by molar-refractivity contribution is 6.31. The smallest absolute Gasteiger partial charge is 0.0928 e. The molecule has 1 fully saturated rings. The lowest BCUT2D eigenvalue weighted by atomic mass is 10.0. The summed E-state index contributed by atoms with van der Waals surface area (Å²) in [5, 5.41) is 14.0. The molecule has 0 spiro atoms. The molecule has 2 N–H and O–H groups in total. The Morgan fingerprint density at radius 3 is 2.78 bits per heavy atom. The number of halogens is 1. The van der Waals surface area contributed by atoms with Crippen LogP contribution in [0.3, 0.4) is 0 Å². The monoisotopic (exact) mass is 269 g/mol. The summed E-state index contributed by atoms with van der Waals surface area (Å²) in [7, 11) is 0. The first kappa shape index (κ1) is 13.8. The van der Waals surface area contributed by atoms with E-state index in [1.807, 2.05) is 18.2 Å². The molecule has 0 bridgehead atoms. The molecule has 1 aliphatic rings. The second kappa shape index (κ2) is 7.10. The van der Waals surface area contributed by atoms with E-state index in [0.717, 1.165) is 38.2 Å². The summed E-state index contributed by atoms with van der Waals surface area (Å²) in [6.07, 6.45) is 1.67. The fraction of sp³-hybridized carbons (Fsp3) is 0.571. The van der Waals surface area contributed by atoms with Crippen LogP contribution in [-0.4, -0.2) is 31.4 Å². The van der Waals surface area contributed by atoms with Crippen LogP contribution in [0.5, 0.6) is 0 Å². The minimum Gasteiger partial charge on any atom is -0.387 e. The van der Waals surface area contributed by atoms with Gasteiger partial charge in [0, 0.05) is 30.3 Å². The van der Waals surface area contributed by atoms with Gasteiger partial charge in [-0.25, -0.2) is 0 Å². The lowest BCUT2D eigenvalue weighted by molar-refractivity contribution is 0.0649. The van der Waals surface area contributed by atoms with Gasteiger partial charge in [0.1, 0.15) is 0 Å². The maximum Gasteiger partial charge on any atom is 0.0928 e. The number of aliphatic hydroxyl groups excluding tert-OH is 1. The first-order chi connectivity index (χ1) is 8.77. The van der Waals surface area contributed by atoms with Gasteiger partial charge in [0.25, 0.3) is 0 Å².